The summed E-state index contributed by atoms with van der Waals surface area (Å²) >= 11 is 5.99. The van der Waals surface area contributed by atoms with E-state index in [9.17, 15) is 13.5 Å². The number of β-amino-alcohol motifs (C(OH)–C–C–N with tert-alkyl or cyclic N) is 1. The molecule has 0 saturated carbocycles. The number of furan rings is 1. The Morgan fingerprint density at radius 3 is 2.36 bits per heavy atom. The number of nitrogens with zero attached hydrogens (tertiary/aromatic N) is 2. The van der Waals surface area contributed by atoms with Crippen molar-refractivity contribution < 1.29 is 17.9 Å². The summed E-state index contributed by atoms with van der Waals surface area (Å²) < 4.78 is 28.9. The zero-order valence-corrected chi connectivity index (χ0v) is 16.5. The lowest BCUT2D eigenvalue weighted by Crippen LogP contribution is -2.34. The SMILES string of the molecule is CS(=O)(=O)c1ccc(N2CC(O)(c3ccco3)N=C2c2ccc(Cl)cc2)cc1. The average Bonchev–Trinajstić information content (AvgIpc) is 3.31. The molecule has 2 aromatic carbocycles. The van der Waals surface area contributed by atoms with Gasteiger partial charge in [-0.3, -0.25) is 0 Å². The van der Waals surface area contributed by atoms with Crippen LogP contribution in [0.4, 0.5) is 5.69 Å². The van der Waals surface area contributed by atoms with Gasteiger partial charge in [-0.15, -0.1) is 0 Å². The maximum atomic E-state index is 11.7. The van der Waals surface area contributed by atoms with Crippen LogP contribution in [-0.2, 0) is 15.6 Å². The summed E-state index contributed by atoms with van der Waals surface area (Å²) in [4.78, 5) is 6.58. The predicted octanol–water partition coefficient (Wildman–Crippen LogP) is 3.45. The third-order valence-corrected chi connectivity index (χ3v) is 5.90. The van der Waals surface area contributed by atoms with Gasteiger partial charge in [0, 0.05) is 22.5 Å². The molecule has 1 unspecified atom stereocenters. The monoisotopic (exact) mass is 416 g/mol. The topological polar surface area (TPSA) is 83.1 Å². The smallest absolute Gasteiger partial charge is 0.235 e. The first kappa shape index (κ1) is 18.7. The minimum Gasteiger partial charge on any atom is -0.464 e. The van der Waals surface area contributed by atoms with Gasteiger partial charge in [0.25, 0.3) is 0 Å². The normalized spacial score (nSPS) is 19.7. The van der Waals surface area contributed by atoms with Gasteiger partial charge in [-0.05, 0) is 60.7 Å². The highest BCUT2D eigenvalue weighted by Crippen LogP contribution is 2.35. The Morgan fingerprint density at radius 2 is 1.79 bits per heavy atom. The van der Waals surface area contributed by atoms with E-state index in [1.165, 1.54) is 18.4 Å². The lowest BCUT2D eigenvalue weighted by atomic mass is 10.1. The number of aliphatic imine (C=N–C) groups is 1. The lowest BCUT2D eigenvalue weighted by molar-refractivity contribution is 0.0412. The zero-order chi connectivity index (χ0) is 19.9. The maximum Gasteiger partial charge on any atom is 0.235 e. The molecule has 0 fully saturated rings. The molecule has 0 saturated heterocycles. The van der Waals surface area contributed by atoms with Crippen LogP contribution in [0.1, 0.15) is 11.3 Å². The highest BCUT2D eigenvalue weighted by atomic mass is 35.5. The number of halogens is 1. The number of amidine groups is 1. The zero-order valence-electron chi connectivity index (χ0n) is 14.9. The van der Waals surface area contributed by atoms with Crippen molar-refractivity contribution in [1.82, 2.24) is 0 Å². The van der Waals surface area contributed by atoms with Crippen molar-refractivity contribution in [3.63, 3.8) is 0 Å². The number of aliphatic hydroxyl groups is 1. The van der Waals surface area contributed by atoms with Crippen LogP contribution in [0.15, 0.2) is 81.2 Å². The molecular weight excluding hydrogens is 400 g/mol. The van der Waals surface area contributed by atoms with Gasteiger partial charge in [-0.25, -0.2) is 13.4 Å². The van der Waals surface area contributed by atoms with Crippen LogP contribution in [0.5, 0.6) is 0 Å². The van der Waals surface area contributed by atoms with Crippen LogP contribution in [0, 0.1) is 0 Å². The molecule has 144 valence electrons. The molecule has 1 atom stereocenters. The summed E-state index contributed by atoms with van der Waals surface area (Å²) in [6.07, 6.45) is 2.64. The van der Waals surface area contributed by atoms with Crippen LogP contribution in [0.3, 0.4) is 0 Å². The van der Waals surface area contributed by atoms with Gasteiger partial charge in [-0.1, -0.05) is 11.6 Å². The van der Waals surface area contributed by atoms with Crippen molar-refractivity contribution in [1.29, 1.82) is 0 Å². The highest BCUT2D eigenvalue weighted by Gasteiger charge is 2.42. The largest absolute Gasteiger partial charge is 0.464 e. The van der Waals surface area contributed by atoms with Gasteiger partial charge in [0.1, 0.15) is 5.84 Å². The molecule has 0 bridgehead atoms. The van der Waals surface area contributed by atoms with Crippen molar-refractivity contribution >= 4 is 33.0 Å². The van der Waals surface area contributed by atoms with Crippen molar-refractivity contribution in [2.75, 3.05) is 17.7 Å². The summed E-state index contributed by atoms with van der Waals surface area (Å²) in [5.74, 6) is 0.858. The summed E-state index contributed by atoms with van der Waals surface area (Å²) in [7, 11) is -3.30. The first-order valence-corrected chi connectivity index (χ1v) is 10.7. The van der Waals surface area contributed by atoms with Crippen molar-refractivity contribution in [2.24, 2.45) is 4.99 Å². The predicted molar refractivity (Wildman–Crippen MR) is 107 cm³/mol. The summed E-state index contributed by atoms with van der Waals surface area (Å²) in [5.41, 5.74) is -0.101. The minimum atomic E-state index is -3.30. The van der Waals surface area contributed by atoms with Crippen LogP contribution in [0.25, 0.3) is 0 Å². The van der Waals surface area contributed by atoms with E-state index in [0.29, 0.717) is 22.3 Å². The molecule has 0 amide bonds. The van der Waals surface area contributed by atoms with Crippen molar-refractivity contribution in [3.8, 4) is 0 Å². The fourth-order valence-electron chi connectivity index (χ4n) is 3.11. The highest BCUT2D eigenvalue weighted by molar-refractivity contribution is 7.90. The number of rotatable bonds is 4. The van der Waals surface area contributed by atoms with Gasteiger partial charge < -0.3 is 14.4 Å². The second-order valence-electron chi connectivity index (χ2n) is 6.59. The molecule has 2 heterocycles. The number of anilines is 1. The van der Waals surface area contributed by atoms with Crippen LogP contribution >= 0.6 is 11.6 Å². The fraction of sp³-hybridized carbons (Fsp3) is 0.150. The molecule has 0 radical (unpaired) electrons. The van der Waals surface area contributed by atoms with Gasteiger partial charge in [0.05, 0.1) is 17.7 Å². The molecule has 0 spiro atoms. The maximum absolute atomic E-state index is 11.7. The van der Waals surface area contributed by atoms with E-state index in [1.54, 1.807) is 36.4 Å². The summed E-state index contributed by atoms with van der Waals surface area (Å²) in [6.45, 7) is 0.122. The van der Waals surface area contributed by atoms with Gasteiger partial charge in [0.2, 0.25) is 5.72 Å². The molecule has 0 aliphatic carbocycles. The van der Waals surface area contributed by atoms with Gasteiger partial charge >= 0.3 is 0 Å². The van der Waals surface area contributed by atoms with Crippen LogP contribution in [0.2, 0.25) is 5.02 Å². The van der Waals surface area contributed by atoms with Crippen LogP contribution in [-0.4, -0.2) is 32.2 Å². The standard InChI is InChI=1S/C20H17ClN2O4S/c1-28(25,26)17-10-8-16(9-11-17)23-13-20(24,18-3-2-12-27-18)22-19(23)14-4-6-15(21)7-5-14/h2-12,24H,13H2,1H3. The van der Waals surface area contributed by atoms with E-state index in [0.717, 1.165) is 11.8 Å². The molecule has 1 aliphatic rings. The van der Waals surface area contributed by atoms with E-state index >= 15 is 0 Å². The molecule has 3 aromatic rings. The average molecular weight is 417 g/mol. The van der Waals surface area contributed by atoms with Crippen molar-refractivity contribution in [2.45, 2.75) is 10.6 Å². The second kappa shape index (κ2) is 6.77. The Kier molecular flexibility index (Phi) is 4.53. The molecule has 6 nitrogen and oxygen atoms in total. The van der Waals surface area contributed by atoms with E-state index < -0.39 is 15.6 Å². The van der Waals surface area contributed by atoms with Gasteiger partial charge in [0.15, 0.2) is 15.6 Å². The van der Waals surface area contributed by atoms with Crippen molar-refractivity contribution in [3.05, 3.63) is 83.3 Å². The quantitative estimate of drug-likeness (QED) is 0.704. The van der Waals surface area contributed by atoms with Gasteiger partial charge in [-0.2, -0.15) is 0 Å². The first-order chi connectivity index (χ1) is 13.3. The van der Waals surface area contributed by atoms with Crippen LogP contribution < -0.4 is 4.90 Å². The third kappa shape index (κ3) is 3.44. The molecule has 1 N–H and O–H groups in total. The molecule has 8 heteroatoms. The Labute approximate surface area is 167 Å². The molecule has 1 aliphatic heterocycles. The summed E-state index contributed by atoms with van der Waals surface area (Å²) in [5, 5.41) is 11.7. The minimum absolute atomic E-state index is 0.122. The molecule has 4 rings (SSSR count). The van der Waals surface area contributed by atoms with E-state index in [4.69, 9.17) is 16.0 Å². The Morgan fingerprint density at radius 1 is 1.11 bits per heavy atom. The molecule has 28 heavy (non-hydrogen) atoms. The number of benzene rings is 2. The Hall–Kier alpha value is -2.61. The Balaban J connectivity index is 1.79. The lowest BCUT2D eigenvalue weighted by Gasteiger charge is -2.23. The summed E-state index contributed by atoms with van der Waals surface area (Å²) in [6, 6.07) is 16.9. The number of sulfone groups is 1. The number of hydrogen-bond donors (Lipinski definition) is 1. The third-order valence-electron chi connectivity index (χ3n) is 4.52. The molecular formula is C20H17ClN2O4S. The number of hydrogen-bond acceptors (Lipinski definition) is 6. The van der Waals surface area contributed by atoms with E-state index in [2.05, 4.69) is 4.99 Å². The van der Waals surface area contributed by atoms with E-state index in [-0.39, 0.29) is 11.4 Å². The first-order valence-electron chi connectivity index (χ1n) is 8.46. The molecule has 1 aromatic heterocycles. The Bertz CT molecular complexity index is 1120. The second-order valence-corrected chi connectivity index (χ2v) is 9.04. The van der Waals surface area contributed by atoms with E-state index in [1.807, 2.05) is 17.0 Å². The fourth-order valence-corrected chi connectivity index (χ4v) is 3.87.